The molecule has 1 aliphatic heterocycles. The maximum absolute atomic E-state index is 13.0. The summed E-state index contributed by atoms with van der Waals surface area (Å²) in [6, 6.07) is 12.1. The lowest BCUT2D eigenvalue weighted by molar-refractivity contribution is 0.0741. The summed E-state index contributed by atoms with van der Waals surface area (Å²) in [6.45, 7) is 4.97. The topological polar surface area (TPSA) is 62.2 Å². The van der Waals surface area contributed by atoms with Crippen LogP contribution in [-0.4, -0.2) is 51.9 Å². The number of hydrogen-bond acceptors (Lipinski definition) is 6. The molecule has 3 aromatic heterocycles. The molecule has 146 valence electrons. The number of amides is 1. The van der Waals surface area contributed by atoms with E-state index in [0.29, 0.717) is 18.8 Å². The van der Waals surface area contributed by atoms with Gasteiger partial charge in [-0.2, -0.15) is 0 Å². The highest BCUT2D eigenvalue weighted by molar-refractivity contribution is 7.18. The van der Waals surface area contributed by atoms with Gasteiger partial charge in [0.05, 0.1) is 5.39 Å². The number of carbonyl (C=O) groups excluding carboxylic acids is 1. The molecule has 5 rings (SSSR count). The Morgan fingerprint density at radius 1 is 1.03 bits per heavy atom. The molecule has 4 aromatic rings. The van der Waals surface area contributed by atoms with Gasteiger partial charge in [0.15, 0.2) is 0 Å². The minimum absolute atomic E-state index is 0.00737. The summed E-state index contributed by atoms with van der Waals surface area (Å²) in [5.74, 6) is 0.967. The average molecular weight is 404 g/mol. The first-order chi connectivity index (χ1) is 14.2. The van der Waals surface area contributed by atoms with Crippen molar-refractivity contribution in [1.29, 1.82) is 0 Å². The molecule has 0 unspecified atom stereocenters. The van der Waals surface area contributed by atoms with Crippen LogP contribution in [0.2, 0.25) is 0 Å². The van der Waals surface area contributed by atoms with E-state index in [2.05, 4.69) is 32.8 Å². The van der Waals surface area contributed by atoms with E-state index >= 15 is 0 Å². The van der Waals surface area contributed by atoms with Crippen LogP contribution in [0.3, 0.4) is 0 Å². The lowest BCUT2D eigenvalue weighted by Gasteiger charge is -2.35. The number of rotatable bonds is 3. The van der Waals surface area contributed by atoms with Gasteiger partial charge >= 0.3 is 0 Å². The number of nitrogens with zero attached hydrogens (tertiary/aromatic N) is 5. The Labute approximate surface area is 172 Å². The van der Waals surface area contributed by atoms with E-state index in [1.54, 1.807) is 23.9 Å². The van der Waals surface area contributed by atoms with Crippen molar-refractivity contribution < 1.29 is 4.79 Å². The minimum Gasteiger partial charge on any atom is -0.352 e. The highest BCUT2D eigenvalue weighted by Crippen LogP contribution is 2.31. The number of aryl methyl sites for hydroxylation is 1. The zero-order valence-electron chi connectivity index (χ0n) is 16.2. The molecule has 0 N–H and O–H groups in total. The quantitative estimate of drug-likeness (QED) is 0.521. The highest BCUT2D eigenvalue weighted by atomic mass is 32.1. The molecule has 0 aliphatic carbocycles. The lowest BCUT2D eigenvalue weighted by Crippen LogP contribution is -2.49. The maximum Gasteiger partial charge on any atom is 0.272 e. The molecule has 7 heteroatoms. The van der Waals surface area contributed by atoms with Gasteiger partial charge in [0.2, 0.25) is 0 Å². The number of carbonyl (C=O) groups is 1. The Morgan fingerprint density at radius 2 is 1.83 bits per heavy atom. The third-order valence-corrected chi connectivity index (χ3v) is 6.61. The Bertz CT molecular complexity index is 1200. The van der Waals surface area contributed by atoms with Crippen LogP contribution in [0.25, 0.3) is 21.0 Å². The van der Waals surface area contributed by atoms with Crippen molar-refractivity contribution >= 4 is 44.1 Å². The molecule has 1 aliphatic rings. The Kier molecular flexibility index (Phi) is 4.60. The molecule has 1 saturated heterocycles. The summed E-state index contributed by atoms with van der Waals surface area (Å²) in [5.41, 5.74) is 0.506. The summed E-state index contributed by atoms with van der Waals surface area (Å²) >= 11 is 1.73. The monoisotopic (exact) mass is 403 g/mol. The van der Waals surface area contributed by atoms with E-state index < -0.39 is 0 Å². The van der Waals surface area contributed by atoms with E-state index in [0.717, 1.165) is 46.3 Å². The summed E-state index contributed by atoms with van der Waals surface area (Å²) < 4.78 is 0. The van der Waals surface area contributed by atoms with Gasteiger partial charge in [-0.3, -0.25) is 9.78 Å². The first-order valence-electron chi connectivity index (χ1n) is 9.85. The van der Waals surface area contributed by atoms with Crippen molar-refractivity contribution in [2.75, 3.05) is 31.1 Å². The molecule has 0 saturated carbocycles. The summed E-state index contributed by atoms with van der Waals surface area (Å²) in [6.07, 6.45) is 4.42. The molecule has 4 heterocycles. The maximum atomic E-state index is 13.0. The molecule has 6 nitrogen and oxygen atoms in total. The Morgan fingerprint density at radius 3 is 2.62 bits per heavy atom. The number of benzene rings is 1. The third kappa shape index (κ3) is 3.31. The van der Waals surface area contributed by atoms with E-state index in [9.17, 15) is 4.79 Å². The molecular formula is C22H21N5OS. The summed E-state index contributed by atoms with van der Waals surface area (Å²) in [5, 5.41) is 3.20. The van der Waals surface area contributed by atoms with Gasteiger partial charge in [0.1, 0.15) is 22.7 Å². The minimum atomic E-state index is -0.00737. The van der Waals surface area contributed by atoms with Crippen LogP contribution in [0.1, 0.15) is 22.3 Å². The number of fused-ring (bicyclic) bond motifs is 2. The molecule has 0 atom stereocenters. The van der Waals surface area contributed by atoms with Crippen molar-refractivity contribution in [2.45, 2.75) is 13.3 Å². The summed E-state index contributed by atoms with van der Waals surface area (Å²) in [4.78, 5) is 32.8. The number of thiophene rings is 1. The van der Waals surface area contributed by atoms with Crippen molar-refractivity contribution in [2.24, 2.45) is 0 Å². The lowest BCUT2D eigenvalue weighted by atomic mass is 10.1. The predicted molar refractivity (Wildman–Crippen MR) is 117 cm³/mol. The van der Waals surface area contributed by atoms with Crippen molar-refractivity contribution in [1.82, 2.24) is 19.9 Å². The molecule has 1 amide bonds. The van der Waals surface area contributed by atoms with Crippen molar-refractivity contribution in [3.63, 3.8) is 0 Å². The molecule has 0 radical (unpaired) electrons. The fourth-order valence-corrected chi connectivity index (χ4v) is 4.73. The van der Waals surface area contributed by atoms with E-state index in [4.69, 9.17) is 0 Å². The number of aromatic nitrogens is 3. The van der Waals surface area contributed by atoms with Gasteiger partial charge < -0.3 is 9.80 Å². The normalized spacial score (nSPS) is 14.7. The van der Waals surface area contributed by atoms with Gasteiger partial charge in [0, 0.05) is 42.6 Å². The van der Waals surface area contributed by atoms with E-state index in [1.807, 2.05) is 35.2 Å². The second-order valence-electron chi connectivity index (χ2n) is 7.18. The molecule has 29 heavy (non-hydrogen) atoms. The smallest absolute Gasteiger partial charge is 0.272 e. The number of hydrogen-bond donors (Lipinski definition) is 0. The van der Waals surface area contributed by atoms with Gasteiger partial charge in [-0.15, -0.1) is 11.3 Å². The zero-order valence-corrected chi connectivity index (χ0v) is 17.0. The average Bonchev–Trinajstić information content (AvgIpc) is 3.22. The first-order valence-corrected chi connectivity index (χ1v) is 10.7. The number of anilines is 1. The zero-order chi connectivity index (χ0) is 19.8. The van der Waals surface area contributed by atoms with Crippen LogP contribution in [-0.2, 0) is 6.42 Å². The van der Waals surface area contributed by atoms with Crippen LogP contribution in [0.5, 0.6) is 0 Å². The summed E-state index contributed by atoms with van der Waals surface area (Å²) in [7, 11) is 0. The van der Waals surface area contributed by atoms with Crippen molar-refractivity contribution in [3.8, 4) is 0 Å². The van der Waals surface area contributed by atoms with Crippen LogP contribution in [0, 0.1) is 0 Å². The second-order valence-corrected chi connectivity index (χ2v) is 8.29. The standard InChI is InChI=1S/C22H21N5OS/c1-2-17-12-18-20(24-14-25-21(18)29-17)26-7-9-27(10-8-26)22(28)19-11-15-5-3-4-6-16(15)13-23-19/h3-6,11-14H,2,7-10H2,1H3. The SMILES string of the molecule is CCc1cc2c(N3CCN(C(=O)c4cc5ccccc5cn4)CC3)ncnc2s1. The molecule has 1 aromatic carbocycles. The van der Waals surface area contributed by atoms with E-state index in [-0.39, 0.29) is 5.91 Å². The van der Waals surface area contributed by atoms with Gasteiger partial charge in [-0.1, -0.05) is 31.2 Å². The third-order valence-electron chi connectivity index (χ3n) is 5.42. The van der Waals surface area contributed by atoms with Gasteiger partial charge in [0.25, 0.3) is 5.91 Å². The van der Waals surface area contributed by atoms with Gasteiger partial charge in [-0.25, -0.2) is 9.97 Å². The molecule has 0 bridgehead atoms. The van der Waals surface area contributed by atoms with Crippen LogP contribution < -0.4 is 4.90 Å². The fourth-order valence-electron chi connectivity index (χ4n) is 3.80. The van der Waals surface area contributed by atoms with Crippen LogP contribution in [0.4, 0.5) is 5.82 Å². The van der Waals surface area contributed by atoms with E-state index in [1.165, 1.54) is 4.88 Å². The Balaban J connectivity index is 1.33. The molecule has 0 spiro atoms. The van der Waals surface area contributed by atoms with Crippen LogP contribution in [0.15, 0.2) is 48.9 Å². The highest BCUT2D eigenvalue weighted by Gasteiger charge is 2.25. The second kappa shape index (κ2) is 7.40. The van der Waals surface area contributed by atoms with Gasteiger partial charge in [-0.05, 0) is 23.9 Å². The molecular weight excluding hydrogens is 382 g/mol. The molecule has 1 fully saturated rings. The number of pyridine rings is 1. The van der Waals surface area contributed by atoms with Crippen molar-refractivity contribution in [3.05, 3.63) is 59.5 Å². The fraction of sp³-hybridized carbons (Fsp3) is 0.273. The Hall–Kier alpha value is -3.06. The largest absolute Gasteiger partial charge is 0.352 e. The predicted octanol–water partition coefficient (Wildman–Crippen LogP) is 3.76. The first kappa shape index (κ1) is 18.0. The van der Waals surface area contributed by atoms with Crippen LogP contribution >= 0.6 is 11.3 Å². The number of piperazine rings is 1.